The molecule has 0 aliphatic carbocycles. The summed E-state index contributed by atoms with van der Waals surface area (Å²) in [4.78, 5) is 18.0. The fraction of sp³-hybridized carbons (Fsp3) is 0.241. The van der Waals surface area contributed by atoms with Gasteiger partial charge in [0.1, 0.15) is 0 Å². The van der Waals surface area contributed by atoms with Crippen molar-refractivity contribution in [1.29, 1.82) is 0 Å². The molecule has 4 rings (SSSR count). The molecular formula is C29H29ClN2O. The predicted octanol–water partition coefficient (Wildman–Crippen LogP) is 7.98. The van der Waals surface area contributed by atoms with Crippen LogP contribution in [0.4, 0.5) is 5.69 Å². The molecule has 0 unspecified atom stereocenters. The van der Waals surface area contributed by atoms with Gasteiger partial charge in [0.2, 0.25) is 5.91 Å². The van der Waals surface area contributed by atoms with Gasteiger partial charge in [-0.05, 0) is 57.9 Å². The number of hydrogen-bond donors (Lipinski definition) is 1. The van der Waals surface area contributed by atoms with Gasteiger partial charge in [0.25, 0.3) is 0 Å². The van der Waals surface area contributed by atoms with Crippen molar-refractivity contribution in [3.63, 3.8) is 0 Å². The van der Waals surface area contributed by atoms with E-state index in [0.29, 0.717) is 16.9 Å². The summed E-state index contributed by atoms with van der Waals surface area (Å²) in [6.07, 6.45) is 2.04. The number of fused-ring (bicyclic) bond motifs is 1. The molecule has 0 radical (unpaired) electrons. The van der Waals surface area contributed by atoms with Crippen molar-refractivity contribution < 1.29 is 4.79 Å². The van der Waals surface area contributed by atoms with Crippen molar-refractivity contribution in [1.82, 2.24) is 4.98 Å². The second kappa shape index (κ2) is 9.76. The van der Waals surface area contributed by atoms with Crippen LogP contribution in [-0.4, -0.2) is 10.9 Å². The van der Waals surface area contributed by atoms with Crippen molar-refractivity contribution in [3.8, 4) is 11.1 Å². The number of nitrogens with zero attached hydrogens (tertiary/aromatic N) is 1. The number of carbonyl (C=O) groups is 1. The van der Waals surface area contributed by atoms with E-state index in [-0.39, 0.29) is 12.3 Å². The monoisotopic (exact) mass is 456 g/mol. The third kappa shape index (κ3) is 4.94. The number of amides is 1. The van der Waals surface area contributed by atoms with E-state index in [1.165, 1.54) is 0 Å². The lowest BCUT2D eigenvalue weighted by Crippen LogP contribution is -2.18. The maximum atomic E-state index is 13.4. The molecule has 4 aromatic rings. The molecule has 1 N–H and O–H groups in total. The molecule has 33 heavy (non-hydrogen) atoms. The average molecular weight is 457 g/mol. The Labute approximate surface area is 200 Å². The molecule has 0 fully saturated rings. The van der Waals surface area contributed by atoms with E-state index < -0.39 is 0 Å². The maximum absolute atomic E-state index is 13.4. The van der Waals surface area contributed by atoms with Crippen LogP contribution in [0.1, 0.15) is 56.2 Å². The highest BCUT2D eigenvalue weighted by atomic mass is 35.5. The number of hydrogen-bond acceptors (Lipinski definition) is 2. The summed E-state index contributed by atoms with van der Waals surface area (Å²) in [5, 5.41) is 4.83. The third-order valence-corrected chi connectivity index (χ3v) is 6.19. The minimum atomic E-state index is -0.0506. The summed E-state index contributed by atoms with van der Waals surface area (Å²) in [6, 6.07) is 22.1. The Morgan fingerprint density at radius 1 is 0.909 bits per heavy atom. The molecule has 0 aliphatic rings. The van der Waals surface area contributed by atoms with Crippen LogP contribution in [0.3, 0.4) is 0 Å². The molecule has 4 heteroatoms. The Kier molecular flexibility index (Phi) is 6.80. The second-order valence-electron chi connectivity index (χ2n) is 9.03. The SMILES string of the molecule is CC(C)c1cccc(C(C)C)c1NC(=O)Cc1cnc2ccc(Cl)cc2c1-c1ccccc1. The zero-order valence-corrected chi connectivity index (χ0v) is 20.3. The summed E-state index contributed by atoms with van der Waals surface area (Å²) in [5.41, 5.74) is 7.02. The van der Waals surface area contributed by atoms with E-state index in [1.807, 2.05) is 42.6 Å². The highest BCUT2D eigenvalue weighted by molar-refractivity contribution is 6.31. The first kappa shape index (κ1) is 23.0. The minimum Gasteiger partial charge on any atom is -0.325 e. The van der Waals surface area contributed by atoms with Gasteiger partial charge in [0, 0.05) is 22.3 Å². The summed E-state index contributed by atoms with van der Waals surface area (Å²) < 4.78 is 0. The van der Waals surface area contributed by atoms with Gasteiger partial charge in [-0.15, -0.1) is 0 Å². The number of halogens is 1. The van der Waals surface area contributed by atoms with Crippen LogP contribution < -0.4 is 5.32 Å². The van der Waals surface area contributed by atoms with E-state index in [1.54, 1.807) is 0 Å². The van der Waals surface area contributed by atoms with Gasteiger partial charge in [0.15, 0.2) is 0 Å². The van der Waals surface area contributed by atoms with Crippen molar-refractivity contribution in [2.75, 3.05) is 5.32 Å². The van der Waals surface area contributed by atoms with Gasteiger partial charge in [-0.3, -0.25) is 9.78 Å². The van der Waals surface area contributed by atoms with Crippen LogP contribution in [0, 0.1) is 0 Å². The highest BCUT2D eigenvalue weighted by Gasteiger charge is 2.18. The smallest absolute Gasteiger partial charge is 0.228 e. The first-order valence-corrected chi connectivity index (χ1v) is 11.8. The van der Waals surface area contributed by atoms with Crippen molar-refractivity contribution in [3.05, 3.63) is 94.6 Å². The second-order valence-corrected chi connectivity index (χ2v) is 9.47. The van der Waals surface area contributed by atoms with E-state index in [2.05, 4.69) is 68.3 Å². The average Bonchev–Trinajstić information content (AvgIpc) is 2.79. The Balaban J connectivity index is 1.76. The Morgan fingerprint density at radius 2 is 1.58 bits per heavy atom. The standard InChI is InChI=1S/C29H29ClN2O/c1-18(2)23-11-8-12-24(19(3)4)29(23)32-27(33)15-21-17-31-26-14-13-22(30)16-25(26)28(21)20-9-6-5-7-10-20/h5-14,16-19H,15H2,1-4H3,(H,32,33). The number of anilines is 1. The Bertz CT molecular complexity index is 1270. The molecule has 0 aliphatic heterocycles. The fourth-order valence-electron chi connectivity index (χ4n) is 4.34. The van der Waals surface area contributed by atoms with Gasteiger partial charge in [-0.2, -0.15) is 0 Å². The number of para-hydroxylation sites is 1. The predicted molar refractivity (Wildman–Crippen MR) is 139 cm³/mol. The van der Waals surface area contributed by atoms with Gasteiger partial charge in [-0.1, -0.05) is 87.8 Å². The topological polar surface area (TPSA) is 42.0 Å². The van der Waals surface area contributed by atoms with Gasteiger partial charge in [-0.25, -0.2) is 0 Å². The molecule has 3 nitrogen and oxygen atoms in total. The molecule has 0 saturated carbocycles. The van der Waals surface area contributed by atoms with Crippen LogP contribution in [0.2, 0.25) is 5.02 Å². The van der Waals surface area contributed by atoms with E-state index in [4.69, 9.17) is 11.6 Å². The Morgan fingerprint density at radius 3 is 2.21 bits per heavy atom. The summed E-state index contributed by atoms with van der Waals surface area (Å²) in [7, 11) is 0. The maximum Gasteiger partial charge on any atom is 0.228 e. The lowest BCUT2D eigenvalue weighted by molar-refractivity contribution is -0.115. The third-order valence-electron chi connectivity index (χ3n) is 5.96. The number of nitrogens with one attached hydrogen (secondary N) is 1. The van der Waals surface area contributed by atoms with Crippen LogP contribution in [-0.2, 0) is 11.2 Å². The number of carbonyl (C=O) groups excluding carboxylic acids is 1. The molecule has 168 valence electrons. The zero-order valence-electron chi connectivity index (χ0n) is 19.5. The fourth-order valence-corrected chi connectivity index (χ4v) is 4.51. The quantitative estimate of drug-likeness (QED) is 0.319. The van der Waals surface area contributed by atoms with Gasteiger partial charge < -0.3 is 5.32 Å². The highest BCUT2D eigenvalue weighted by Crippen LogP contribution is 2.35. The van der Waals surface area contributed by atoms with Gasteiger partial charge >= 0.3 is 0 Å². The van der Waals surface area contributed by atoms with Crippen molar-refractivity contribution in [2.24, 2.45) is 0 Å². The normalized spacial score (nSPS) is 11.4. The minimum absolute atomic E-state index is 0.0506. The first-order chi connectivity index (χ1) is 15.8. The lowest BCUT2D eigenvalue weighted by atomic mass is 9.92. The Hall–Kier alpha value is -3.17. The van der Waals surface area contributed by atoms with Crippen LogP contribution >= 0.6 is 11.6 Å². The molecule has 0 atom stereocenters. The number of benzene rings is 3. The lowest BCUT2D eigenvalue weighted by Gasteiger charge is -2.20. The van der Waals surface area contributed by atoms with Crippen LogP contribution in [0.5, 0.6) is 0 Å². The number of pyridine rings is 1. The molecule has 0 bridgehead atoms. The van der Waals surface area contributed by atoms with E-state index in [0.717, 1.165) is 44.4 Å². The van der Waals surface area contributed by atoms with Crippen LogP contribution in [0.25, 0.3) is 22.0 Å². The number of rotatable bonds is 6. The summed E-state index contributed by atoms with van der Waals surface area (Å²) >= 11 is 6.33. The zero-order chi connectivity index (χ0) is 23.5. The van der Waals surface area contributed by atoms with Crippen molar-refractivity contribution >= 4 is 34.1 Å². The number of aromatic nitrogens is 1. The molecule has 0 saturated heterocycles. The molecule has 1 amide bonds. The molecular weight excluding hydrogens is 428 g/mol. The largest absolute Gasteiger partial charge is 0.325 e. The molecule has 0 spiro atoms. The summed E-state index contributed by atoms with van der Waals surface area (Å²) in [6.45, 7) is 8.61. The molecule has 1 heterocycles. The van der Waals surface area contributed by atoms with Gasteiger partial charge in [0.05, 0.1) is 11.9 Å². The van der Waals surface area contributed by atoms with Crippen molar-refractivity contribution in [2.45, 2.75) is 46.0 Å². The molecule has 1 aromatic heterocycles. The van der Waals surface area contributed by atoms with E-state index >= 15 is 0 Å². The first-order valence-electron chi connectivity index (χ1n) is 11.4. The van der Waals surface area contributed by atoms with E-state index in [9.17, 15) is 4.79 Å². The van der Waals surface area contributed by atoms with Crippen LogP contribution in [0.15, 0.2) is 72.9 Å². The summed E-state index contributed by atoms with van der Waals surface area (Å²) in [5.74, 6) is 0.567. The molecule has 3 aromatic carbocycles.